The minimum absolute atomic E-state index is 0.0204. The van der Waals surface area contributed by atoms with Crippen molar-refractivity contribution in [3.05, 3.63) is 42.5 Å². The van der Waals surface area contributed by atoms with Gasteiger partial charge in [0.05, 0.1) is 5.56 Å². The van der Waals surface area contributed by atoms with E-state index in [-0.39, 0.29) is 11.5 Å². The molecule has 0 fully saturated rings. The number of allylic oxidation sites excluding steroid dienone is 1. The number of carboxylic acid groups (broad SMARTS) is 1. The number of nitrogens with zero attached hydrogens (tertiary/aromatic N) is 1. The van der Waals surface area contributed by atoms with Crippen molar-refractivity contribution < 1.29 is 14.7 Å². The highest BCUT2D eigenvalue weighted by Gasteiger charge is 2.10. The summed E-state index contributed by atoms with van der Waals surface area (Å²) in [6.07, 6.45) is 2.73. The van der Waals surface area contributed by atoms with Crippen molar-refractivity contribution in [3.8, 4) is 0 Å². The first kappa shape index (κ1) is 13.0. The molecule has 0 unspecified atom stereocenters. The molecular weight excluding hydrogens is 218 g/mol. The maximum absolute atomic E-state index is 11.7. The molecular formula is C13H15NO3. The van der Waals surface area contributed by atoms with Gasteiger partial charge in [0.2, 0.25) is 5.91 Å². The summed E-state index contributed by atoms with van der Waals surface area (Å²) in [6.45, 7) is 3.56. The molecule has 0 aliphatic carbocycles. The predicted molar refractivity (Wildman–Crippen MR) is 66.2 cm³/mol. The Bertz CT molecular complexity index is 423. The fourth-order valence-corrected chi connectivity index (χ4v) is 1.36. The number of carbonyl (C=O) groups excluding carboxylic acids is 1. The highest BCUT2D eigenvalue weighted by molar-refractivity contribution is 5.94. The Labute approximate surface area is 100 Å². The third-order valence-corrected chi connectivity index (χ3v) is 2.44. The van der Waals surface area contributed by atoms with Gasteiger partial charge >= 0.3 is 5.97 Å². The first-order valence-corrected chi connectivity index (χ1v) is 5.27. The van der Waals surface area contributed by atoms with Gasteiger partial charge in [-0.15, -0.1) is 6.58 Å². The second kappa shape index (κ2) is 5.84. The van der Waals surface area contributed by atoms with E-state index >= 15 is 0 Å². The van der Waals surface area contributed by atoms with Crippen LogP contribution in [0.15, 0.2) is 36.9 Å². The second-order valence-electron chi connectivity index (χ2n) is 3.63. The molecule has 0 radical (unpaired) electrons. The topological polar surface area (TPSA) is 57.6 Å². The quantitative estimate of drug-likeness (QED) is 0.794. The number of hydrogen-bond acceptors (Lipinski definition) is 2. The lowest BCUT2D eigenvalue weighted by molar-refractivity contribution is -0.118. The summed E-state index contributed by atoms with van der Waals surface area (Å²) in [5.41, 5.74) is 0.893. The lowest BCUT2D eigenvalue weighted by Crippen LogP contribution is -2.25. The van der Waals surface area contributed by atoms with Crippen molar-refractivity contribution in [1.82, 2.24) is 0 Å². The summed E-state index contributed by atoms with van der Waals surface area (Å²) >= 11 is 0. The van der Waals surface area contributed by atoms with E-state index in [9.17, 15) is 9.59 Å². The molecule has 90 valence electrons. The Morgan fingerprint density at radius 1 is 1.35 bits per heavy atom. The molecule has 0 aliphatic rings. The van der Waals surface area contributed by atoms with Gasteiger partial charge in [-0.2, -0.15) is 0 Å². The molecule has 0 heterocycles. The number of amides is 1. The van der Waals surface area contributed by atoms with Crippen LogP contribution in [0.2, 0.25) is 0 Å². The standard InChI is InChI=1S/C13H15NO3/c1-3-4-5-12(15)14(2)11-8-6-10(7-9-11)13(16)17/h3,6-9H,1,4-5H2,2H3,(H,16,17). The van der Waals surface area contributed by atoms with E-state index in [0.717, 1.165) is 0 Å². The van der Waals surface area contributed by atoms with Crippen molar-refractivity contribution in [1.29, 1.82) is 0 Å². The van der Waals surface area contributed by atoms with E-state index in [4.69, 9.17) is 5.11 Å². The fraction of sp³-hybridized carbons (Fsp3) is 0.231. The molecule has 1 rings (SSSR count). The molecule has 0 aromatic heterocycles. The summed E-state index contributed by atoms with van der Waals surface area (Å²) < 4.78 is 0. The molecule has 1 aromatic rings. The van der Waals surface area contributed by atoms with Gasteiger partial charge in [-0.1, -0.05) is 6.08 Å². The van der Waals surface area contributed by atoms with Crippen LogP contribution in [0.25, 0.3) is 0 Å². The van der Waals surface area contributed by atoms with Crippen molar-refractivity contribution >= 4 is 17.6 Å². The molecule has 1 amide bonds. The van der Waals surface area contributed by atoms with Gasteiger partial charge in [0.15, 0.2) is 0 Å². The Morgan fingerprint density at radius 2 is 1.94 bits per heavy atom. The summed E-state index contributed by atoms with van der Waals surface area (Å²) in [6, 6.07) is 6.20. The zero-order chi connectivity index (χ0) is 12.8. The summed E-state index contributed by atoms with van der Waals surface area (Å²) in [5, 5.41) is 8.75. The number of aromatic carboxylic acids is 1. The Hall–Kier alpha value is -2.10. The van der Waals surface area contributed by atoms with Gasteiger partial charge in [0, 0.05) is 19.2 Å². The highest BCUT2D eigenvalue weighted by Crippen LogP contribution is 2.15. The Kier molecular flexibility index (Phi) is 4.46. The SMILES string of the molecule is C=CCCC(=O)N(C)c1ccc(C(=O)O)cc1. The number of anilines is 1. The van der Waals surface area contributed by atoms with Gasteiger partial charge in [-0.05, 0) is 30.7 Å². The van der Waals surface area contributed by atoms with E-state index in [1.165, 1.54) is 17.0 Å². The lowest BCUT2D eigenvalue weighted by atomic mass is 10.2. The van der Waals surface area contributed by atoms with E-state index < -0.39 is 5.97 Å². The summed E-state index contributed by atoms with van der Waals surface area (Å²) in [4.78, 5) is 23.9. The third kappa shape index (κ3) is 3.45. The number of benzene rings is 1. The van der Waals surface area contributed by atoms with Gasteiger partial charge in [0.1, 0.15) is 0 Å². The van der Waals surface area contributed by atoms with E-state index in [2.05, 4.69) is 6.58 Å². The molecule has 4 heteroatoms. The van der Waals surface area contributed by atoms with Crippen LogP contribution in [0.3, 0.4) is 0 Å². The molecule has 0 saturated carbocycles. The monoisotopic (exact) mass is 233 g/mol. The average Bonchev–Trinajstić information content (AvgIpc) is 2.35. The zero-order valence-electron chi connectivity index (χ0n) is 9.72. The summed E-state index contributed by atoms with van der Waals surface area (Å²) in [7, 11) is 1.67. The van der Waals surface area contributed by atoms with Crippen molar-refractivity contribution in [2.24, 2.45) is 0 Å². The minimum Gasteiger partial charge on any atom is -0.478 e. The van der Waals surface area contributed by atoms with Gasteiger partial charge in [-0.25, -0.2) is 4.79 Å². The van der Waals surface area contributed by atoms with Crippen LogP contribution in [-0.2, 0) is 4.79 Å². The molecule has 0 spiro atoms. The number of rotatable bonds is 5. The Balaban J connectivity index is 2.75. The van der Waals surface area contributed by atoms with Crippen LogP contribution >= 0.6 is 0 Å². The molecule has 0 saturated heterocycles. The van der Waals surface area contributed by atoms with E-state index in [1.54, 1.807) is 25.3 Å². The number of carboxylic acids is 1. The molecule has 1 N–H and O–H groups in total. The maximum atomic E-state index is 11.7. The highest BCUT2D eigenvalue weighted by atomic mass is 16.4. The predicted octanol–water partition coefficient (Wildman–Crippen LogP) is 2.31. The second-order valence-corrected chi connectivity index (χ2v) is 3.63. The summed E-state index contributed by atoms with van der Waals surface area (Å²) in [5.74, 6) is -0.995. The van der Waals surface area contributed by atoms with Crippen molar-refractivity contribution in [2.75, 3.05) is 11.9 Å². The third-order valence-electron chi connectivity index (χ3n) is 2.44. The molecule has 0 aliphatic heterocycles. The average molecular weight is 233 g/mol. The zero-order valence-corrected chi connectivity index (χ0v) is 9.72. The smallest absolute Gasteiger partial charge is 0.335 e. The van der Waals surface area contributed by atoms with Gasteiger partial charge in [-0.3, -0.25) is 4.79 Å². The first-order chi connectivity index (χ1) is 8.06. The molecule has 17 heavy (non-hydrogen) atoms. The van der Waals surface area contributed by atoms with Crippen LogP contribution in [0, 0.1) is 0 Å². The largest absolute Gasteiger partial charge is 0.478 e. The van der Waals surface area contributed by atoms with E-state index in [1.807, 2.05) is 0 Å². The lowest BCUT2D eigenvalue weighted by Gasteiger charge is -2.17. The van der Waals surface area contributed by atoms with Gasteiger partial charge < -0.3 is 10.0 Å². The fourth-order valence-electron chi connectivity index (χ4n) is 1.36. The van der Waals surface area contributed by atoms with Crippen LogP contribution in [0.5, 0.6) is 0 Å². The van der Waals surface area contributed by atoms with Gasteiger partial charge in [0.25, 0.3) is 0 Å². The molecule has 4 nitrogen and oxygen atoms in total. The number of carbonyl (C=O) groups is 2. The maximum Gasteiger partial charge on any atom is 0.335 e. The van der Waals surface area contributed by atoms with Crippen molar-refractivity contribution in [3.63, 3.8) is 0 Å². The van der Waals surface area contributed by atoms with Crippen molar-refractivity contribution in [2.45, 2.75) is 12.8 Å². The molecule has 0 bridgehead atoms. The minimum atomic E-state index is -0.975. The Morgan fingerprint density at radius 3 is 2.41 bits per heavy atom. The first-order valence-electron chi connectivity index (χ1n) is 5.27. The van der Waals surface area contributed by atoms with Crippen LogP contribution < -0.4 is 4.90 Å². The molecule has 1 aromatic carbocycles. The van der Waals surface area contributed by atoms with Crippen LogP contribution in [-0.4, -0.2) is 24.0 Å². The van der Waals surface area contributed by atoms with Crippen LogP contribution in [0.1, 0.15) is 23.2 Å². The molecule has 0 atom stereocenters. The normalized spacial score (nSPS) is 9.71. The number of hydrogen-bond donors (Lipinski definition) is 1. The van der Waals surface area contributed by atoms with Crippen LogP contribution in [0.4, 0.5) is 5.69 Å². The van der Waals surface area contributed by atoms with E-state index in [0.29, 0.717) is 18.5 Å².